The molecule has 0 atom stereocenters. The van der Waals surface area contributed by atoms with Gasteiger partial charge in [-0.1, -0.05) is 30.3 Å². The molecule has 1 amide bonds. The summed E-state index contributed by atoms with van der Waals surface area (Å²) in [5, 5.41) is 4.29. The smallest absolute Gasteiger partial charge is 0.228 e. The van der Waals surface area contributed by atoms with Gasteiger partial charge in [0.25, 0.3) is 0 Å². The van der Waals surface area contributed by atoms with E-state index in [1.165, 1.54) is 15.6 Å². The molecule has 1 aliphatic heterocycles. The van der Waals surface area contributed by atoms with Gasteiger partial charge < -0.3 is 19.7 Å². The van der Waals surface area contributed by atoms with Crippen molar-refractivity contribution in [3.8, 4) is 11.5 Å². The fourth-order valence-corrected chi connectivity index (χ4v) is 5.55. The minimum atomic E-state index is -0.0601. The zero-order valence-electron chi connectivity index (χ0n) is 21.3. The number of carbonyl (C=O) groups is 1. The molecule has 1 aromatic heterocycles. The highest BCUT2D eigenvalue weighted by molar-refractivity contribution is 7.13. The average molecular weight is 517 g/mol. The monoisotopic (exact) mass is 516 g/mol. The first kappa shape index (κ1) is 25.0. The molecule has 0 bridgehead atoms. The molecular weight excluding hydrogens is 484 g/mol. The van der Waals surface area contributed by atoms with Crippen LogP contribution < -0.4 is 19.7 Å². The molecule has 7 nitrogen and oxygen atoms in total. The van der Waals surface area contributed by atoms with Crippen molar-refractivity contribution in [3.63, 3.8) is 0 Å². The maximum atomic E-state index is 12.7. The molecule has 1 aliphatic rings. The summed E-state index contributed by atoms with van der Waals surface area (Å²) in [7, 11) is 3.19. The lowest BCUT2D eigenvalue weighted by Crippen LogP contribution is -2.47. The van der Waals surface area contributed by atoms with Crippen LogP contribution in [0.2, 0.25) is 0 Å². The second-order valence-corrected chi connectivity index (χ2v) is 10.0. The van der Waals surface area contributed by atoms with Gasteiger partial charge >= 0.3 is 0 Å². The summed E-state index contributed by atoms with van der Waals surface area (Å²) >= 11 is 1.58. The van der Waals surface area contributed by atoms with Crippen molar-refractivity contribution < 1.29 is 14.3 Å². The number of nitrogens with one attached hydrogen (secondary N) is 1. The Morgan fingerprint density at radius 1 is 0.919 bits per heavy atom. The number of hydrogen-bond acceptors (Lipinski definition) is 7. The van der Waals surface area contributed by atoms with Crippen LogP contribution in [0, 0.1) is 0 Å². The number of carbonyl (C=O) groups excluding carboxylic acids is 1. The van der Waals surface area contributed by atoms with Gasteiger partial charge in [-0.05, 0) is 65.5 Å². The van der Waals surface area contributed by atoms with Crippen LogP contribution in [0.25, 0.3) is 10.1 Å². The van der Waals surface area contributed by atoms with Crippen LogP contribution in [-0.2, 0) is 17.6 Å². The minimum Gasteiger partial charge on any atom is -0.493 e. The quantitative estimate of drug-likeness (QED) is 0.343. The van der Waals surface area contributed by atoms with Gasteiger partial charge in [0, 0.05) is 43.8 Å². The number of rotatable bonds is 9. The Kier molecular flexibility index (Phi) is 7.87. The minimum absolute atomic E-state index is 0.0601. The van der Waals surface area contributed by atoms with E-state index >= 15 is 0 Å². The van der Waals surface area contributed by atoms with Gasteiger partial charge in [0.1, 0.15) is 5.82 Å². The van der Waals surface area contributed by atoms with E-state index in [1.54, 1.807) is 25.8 Å². The number of methoxy groups -OCH3 is 2. The summed E-state index contributed by atoms with van der Waals surface area (Å²) in [6, 6.07) is 22.1. The number of piperazine rings is 1. The van der Waals surface area contributed by atoms with Crippen LogP contribution in [-0.4, -0.2) is 62.1 Å². The van der Waals surface area contributed by atoms with Gasteiger partial charge in [-0.15, -0.1) is 0 Å². The molecule has 1 saturated heterocycles. The fourth-order valence-electron chi connectivity index (χ4n) is 4.76. The van der Waals surface area contributed by atoms with Crippen molar-refractivity contribution in [1.29, 1.82) is 0 Å². The zero-order valence-corrected chi connectivity index (χ0v) is 22.1. The van der Waals surface area contributed by atoms with Crippen molar-refractivity contribution in [2.75, 3.05) is 57.2 Å². The molecule has 1 N–H and O–H groups in total. The fraction of sp³-hybridized carbons (Fsp3) is 0.310. The number of nitrogens with zero attached hydrogens (tertiary/aromatic N) is 3. The molecular formula is C29H32N4O3S. The van der Waals surface area contributed by atoms with Crippen molar-refractivity contribution in [2.24, 2.45) is 0 Å². The number of anilines is 2. The molecule has 192 valence electrons. The number of fused-ring (bicyclic) bond motifs is 1. The normalized spacial score (nSPS) is 14.1. The highest BCUT2D eigenvalue weighted by atomic mass is 32.1. The van der Waals surface area contributed by atoms with E-state index < -0.39 is 0 Å². The Morgan fingerprint density at radius 3 is 2.54 bits per heavy atom. The van der Waals surface area contributed by atoms with Crippen LogP contribution in [0.1, 0.15) is 11.1 Å². The Balaban J connectivity index is 1.11. The lowest BCUT2D eigenvalue weighted by atomic mass is 10.1. The van der Waals surface area contributed by atoms with Gasteiger partial charge in [-0.2, -0.15) is 4.37 Å². The third-order valence-electron chi connectivity index (χ3n) is 6.77. The lowest BCUT2D eigenvalue weighted by Gasteiger charge is -2.35. The van der Waals surface area contributed by atoms with E-state index in [1.807, 2.05) is 30.3 Å². The molecule has 37 heavy (non-hydrogen) atoms. The molecule has 0 radical (unpaired) electrons. The summed E-state index contributed by atoms with van der Waals surface area (Å²) in [5.74, 6) is 2.33. The van der Waals surface area contributed by atoms with Crippen LogP contribution in [0.4, 0.5) is 11.5 Å². The number of aromatic nitrogens is 1. The predicted molar refractivity (Wildman–Crippen MR) is 150 cm³/mol. The van der Waals surface area contributed by atoms with Crippen LogP contribution in [0.15, 0.2) is 66.7 Å². The van der Waals surface area contributed by atoms with Crippen molar-refractivity contribution in [2.45, 2.75) is 12.8 Å². The molecule has 4 aromatic rings. The molecule has 1 fully saturated rings. The maximum absolute atomic E-state index is 12.7. The Labute approximate surface area is 221 Å². The van der Waals surface area contributed by atoms with Crippen molar-refractivity contribution in [3.05, 3.63) is 77.9 Å². The molecule has 0 aliphatic carbocycles. The van der Waals surface area contributed by atoms with E-state index in [0.29, 0.717) is 11.5 Å². The third-order valence-corrected chi connectivity index (χ3v) is 7.59. The molecule has 2 heterocycles. The van der Waals surface area contributed by atoms with Gasteiger partial charge in [-0.3, -0.25) is 9.69 Å². The molecule has 8 heteroatoms. The van der Waals surface area contributed by atoms with Crippen LogP contribution in [0.5, 0.6) is 11.5 Å². The second kappa shape index (κ2) is 11.6. The first-order valence-corrected chi connectivity index (χ1v) is 13.3. The Hall–Kier alpha value is -3.62. The van der Waals surface area contributed by atoms with E-state index in [-0.39, 0.29) is 12.3 Å². The standard InChI is InChI=1S/C29H32N4O3S/c1-35-25-11-10-22(19-26(25)36-2)20-28(34)30-23-7-5-6-21(18-23)12-13-32-14-16-33(17-15-32)29-24-8-3-4-9-27(24)37-31-29/h3-11,18-19H,12-17,20H2,1-2H3,(H,30,34). The molecule has 0 unspecified atom stereocenters. The van der Waals surface area contributed by atoms with Crippen LogP contribution >= 0.6 is 11.5 Å². The van der Waals surface area contributed by atoms with Crippen LogP contribution in [0.3, 0.4) is 0 Å². The number of benzene rings is 3. The summed E-state index contributed by atoms with van der Waals surface area (Å²) < 4.78 is 16.6. The molecule has 5 rings (SSSR count). The molecule has 0 spiro atoms. The summed E-state index contributed by atoms with van der Waals surface area (Å²) in [4.78, 5) is 17.6. The van der Waals surface area contributed by atoms with E-state index in [0.717, 1.165) is 56.2 Å². The van der Waals surface area contributed by atoms with Crippen molar-refractivity contribution >= 4 is 39.0 Å². The molecule has 3 aromatic carbocycles. The second-order valence-electron chi connectivity index (χ2n) is 9.20. The van der Waals surface area contributed by atoms with Crippen molar-refractivity contribution in [1.82, 2.24) is 9.27 Å². The Morgan fingerprint density at radius 2 is 1.73 bits per heavy atom. The van der Waals surface area contributed by atoms with Gasteiger partial charge in [0.2, 0.25) is 5.91 Å². The molecule has 0 saturated carbocycles. The SMILES string of the molecule is COc1ccc(CC(=O)Nc2cccc(CCN3CCN(c4nsc5ccccc45)CC3)c2)cc1OC. The number of hydrogen-bond donors (Lipinski definition) is 1. The number of ether oxygens (including phenoxy) is 2. The lowest BCUT2D eigenvalue weighted by molar-refractivity contribution is -0.115. The van der Waals surface area contributed by atoms with Gasteiger partial charge in [0.15, 0.2) is 11.5 Å². The highest BCUT2D eigenvalue weighted by Gasteiger charge is 2.20. The third kappa shape index (κ3) is 6.03. The zero-order chi connectivity index (χ0) is 25.6. The van der Waals surface area contributed by atoms with E-state index in [2.05, 4.69) is 51.5 Å². The van der Waals surface area contributed by atoms with Gasteiger partial charge in [0.05, 0.1) is 25.3 Å². The van der Waals surface area contributed by atoms with Gasteiger partial charge in [-0.25, -0.2) is 0 Å². The summed E-state index contributed by atoms with van der Waals surface area (Å²) in [5.41, 5.74) is 2.91. The predicted octanol–water partition coefficient (Wildman–Crippen LogP) is 4.86. The maximum Gasteiger partial charge on any atom is 0.228 e. The first-order valence-electron chi connectivity index (χ1n) is 12.5. The van der Waals surface area contributed by atoms with E-state index in [4.69, 9.17) is 13.8 Å². The van der Waals surface area contributed by atoms with E-state index in [9.17, 15) is 4.79 Å². The number of amides is 1. The first-order chi connectivity index (χ1) is 18.1. The largest absolute Gasteiger partial charge is 0.493 e. The summed E-state index contributed by atoms with van der Waals surface area (Å²) in [6.07, 6.45) is 1.21. The Bertz CT molecular complexity index is 1360. The summed E-state index contributed by atoms with van der Waals surface area (Å²) in [6.45, 7) is 5.01. The topological polar surface area (TPSA) is 66.9 Å². The highest BCUT2D eigenvalue weighted by Crippen LogP contribution is 2.30. The average Bonchev–Trinajstić information content (AvgIpc) is 3.36.